The second-order valence-corrected chi connectivity index (χ2v) is 2.90. The quantitative estimate of drug-likeness (QED) is 0.621. The number of aryl methyl sites for hydroxylation is 2. The van der Waals surface area contributed by atoms with Gasteiger partial charge in [-0.05, 0) is 12.8 Å². The fraction of sp³-hybridized carbons (Fsp3) is 0.667. The fourth-order valence-corrected chi connectivity index (χ4v) is 1.17. The first-order chi connectivity index (χ1) is 5.84. The minimum atomic E-state index is 0.852. The average molecular weight is 168 g/mol. The molecule has 0 amide bonds. The lowest BCUT2D eigenvalue weighted by molar-refractivity contribution is 0.192. The lowest BCUT2D eigenvalue weighted by Crippen LogP contribution is -1.98. The zero-order valence-electron chi connectivity index (χ0n) is 7.79. The van der Waals surface area contributed by atoms with Crippen molar-refractivity contribution in [1.82, 2.24) is 9.55 Å². The molecule has 0 bridgehead atoms. The molecule has 1 rings (SSSR count). The fourth-order valence-electron chi connectivity index (χ4n) is 1.17. The predicted octanol–water partition coefficient (Wildman–Crippen LogP) is 1.39. The maximum absolute atomic E-state index is 4.96. The Morgan fingerprint density at radius 3 is 2.92 bits per heavy atom. The van der Waals surface area contributed by atoms with E-state index in [0.717, 1.165) is 31.7 Å². The molecule has 0 aliphatic carbocycles. The van der Waals surface area contributed by atoms with Gasteiger partial charge in [-0.3, -0.25) is 0 Å². The van der Waals surface area contributed by atoms with E-state index in [1.165, 1.54) is 0 Å². The Kier molecular flexibility index (Phi) is 3.80. The van der Waals surface area contributed by atoms with Crippen molar-refractivity contribution in [2.75, 3.05) is 13.7 Å². The molecule has 3 heteroatoms. The van der Waals surface area contributed by atoms with Gasteiger partial charge in [0, 0.05) is 39.6 Å². The van der Waals surface area contributed by atoms with Crippen LogP contribution in [-0.2, 0) is 18.2 Å². The Bertz CT molecular complexity index is 220. The van der Waals surface area contributed by atoms with Gasteiger partial charge in [-0.1, -0.05) is 0 Å². The average Bonchev–Trinajstić information content (AvgIpc) is 2.46. The highest BCUT2D eigenvalue weighted by Crippen LogP contribution is 2.01. The van der Waals surface area contributed by atoms with Crippen LogP contribution >= 0.6 is 0 Å². The van der Waals surface area contributed by atoms with Gasteiger partial charge in [0.05, 0.1) is 0 Å². The lowest BCUT2D eigenvalue weighted by atomic mass is 10.2. The minimum Gasteiger partial charge on any atom is -0.385 e. The second kappa shape index (κ2) is 4.93. The van der Waals surface area contributed by atoms with Gasteiger partial charge in [0.1, 0.15) is 5.82 Å². The zero-order chi connectivity index (χ0) is 8.81. The van der Waals surface area contributed by atoms with Crippen LogP contribution in [-0.4, -0.2) is 23.3 Å². The standard InChI is InChI=1S/C9H16N2O/c1-11-7-6-10-9(11)5-3-4-8-12-2/h6-7H,3-5,8H2,1-2H3. The first-order valence-electron chi connectivity index (χ1n) is 4.29. The van der Waals surface area contributed by atoms with Gasteiger partial charge < -0.3 is 9.30 Å². The molecular weight excluding hydrogens is 152 g/mol. The molecule has 0 aromatic carbocycles. The first-order valence-corrected chi connectivity index (χ1v) is 4.29. The molecule has 0 radical (unpaired) electrons. The number of unbranched alkanes of at least 4 members (excludes halogenated alkanes) is 1. The monoisotopic (exact) mass is 168 g/mol. The van der Waals surface area contributed by atoms with Crippen LogP contribution in [0.4, 0.5) is 0 Å². The van der Waals surface area contributed by atoms with Gasteiger partial charge in [0.15, 0.2) is 0 Å². The summed E-state index contributed by atoms with van der Waals surface area (Å²) in [6.07, 6.45) is 7.13. The third-order valence-corrected chi connectivity index (χ3v) is 1.92. The largest absolute Gasteiger partial charge is 0.385 e. The van der Waals surface area contributed by atoms with E-state index in [4.69, 9.17) is 4.74 Å². The molecule has 68 valence electrons. The van der Waals surface area contributed by atoms with Gasteiger partial charge in [-0.2, -0.15) is 0 Å². The first kappa shape index (κ1) is 9.26. The van der Waals surface area contributed by atoms with Crippen LogP contribution in [0.5, 0.6) is 0 Å². The molecule has 0 saturated carbocycles. The number of ether oxygens (including phenoxy) is 1. The smallest absolute Gasteiger partial charge is 0.108 e. The van der Waals surface area contributed by atoms with Crippen LogP contribution < -0.4 is 0 Å². The predicted molar refractivity (Wildman–Crippen MR) is 48.0 cm³/mol. The molecule has 12 heavy (non-hydrogen) atoms. The number of methoxy groups -OCH3 is 1. The number of imidazole rings is 1. The van der Waals surface area contributed by atoms with E-state index < -0.39 is 0 Å². The van der Waals surface area contributed by atoms with Crippen LogP contribution in [0.2, 0.25) is 0 Å². The van der Waals surface area contributed by atoms with Crippen molar-refractivity contribution >= 4 is 0 Å². The van der Waals surface area contributed by atoms with E-state index in [-0.39, 0.29) is 0 Å². The van der Waals surface area contributed by atoms with Crippen molar-refractivity contribution in [3.8, 4) is 0 Å². The molecule has 1 aromatic rings. The zero-order valence-corrected chi connectivity index (χ0v) is 7.79. The van der Waals surface area contributed by atoms with E-state index >= 15 is 0 Å². The van der Waals surface area contributed by atoms with E-state index in [1.54, 1.807) is 7.11 Å². The third kappa shape index (κ3) is 2.66. The molecule has 3 nitrogen and oxygen atoms in total. The maximum Gasteiger partial charge on any atom is 0.108 e. The maximum atomic E-state index is 4.96. The van der Waals surface area contributed by atoms with E-state index in [9.17, 15) is 0 Å². The molecule has 0 saturated heterocycles. The molecule has 0 aliphatic rings. The summed E-state index contributed by atoms with van der Waals surface area (Å²) in [7, 11) is 3.76. The van der Waals surface area contributed by atoms with Gasteiger partial charge in [-0.15, -0.1) is 0 Å². The van der Waals surface area contributed by atoms with Gasteiger partial charge in [0.25, 0.3) is 0 Å². The summed E-state index contributed by atoms with van der Waals surface area (Å²) in [6, 6.07) is 0. The number of hydrogen-bond acceptors (Lipinski definition) is 2. The summed E-state index contributed by atoms with van der Waals surface area (Å²) in [6.45, 7) is 0.852. The van der Waals surface area contributed by atoms with Crippen molar-refractivity contribution in [3.05, 3.63) is 18.2 Å². The number of hydrogen-bond donors (Lipinski definition) is 0. The molecule has 0 unspecified atom stereocenters. The van der Waals surface area contributed by atoms with Crippen molar-refractivity contribution in [2.45, 2.75) is 19.3 Å². The molecule has 0 aliphatic heterocycles. The highest BCUT2D eigenvalue weighted by molar-refractivity contribution is 4.90. The Morgan fingerprint density at radius 2 is 2.33 bits per heavy atom. The van der Waals surface area contributed by atoms with Crippen LogP contribution in [0.15, 0.2) is 12.4 Å². The molecule has 0 atom stereocenters. The minimum absolute atomic E-state index is 0.852. The van der Waals surface area contributed by atoms with Crippen LogP contribution in [0, 0.1) is 0 Å². The summed E-state index contributed by atoms with van der Waals surface area (Å²) in [5, 5.41) is 0. The summed E-state index contributed by atoms with van der Waals surface area (Å²) in [4.78, 5) is 4.24. The van der Waals surface area contributed by atoms with Gasteiger partial charge in [0.2, 0.25) is 0 Å². The van der Waals surface area contributed by atoms with Gasteiger partial charge >= 0.3 is 0 Å². The topological polar surface area (TPSA) is 27.1 Å². The van der Waals surface area contributed by atoms with Crippen LogP contribution in [0.25, 0.3) is 0 Å². The Morgan fingerprint density at radius 1 is 1.50 bits per heavy atom. The summed E-state index contributed by atoms with van der Waals surface area (Å²) >= 11 is 0. The lowest BCUT2D eigenvalue weighted by Gasteiger charge is -2.00. The highest BCUT2D eigenvalue weighted by Gasteiger charge is 1.97. The van der Waals surface area contributed by atoms with E-state index in [1.807, 2.05) is 19.4 Å². The van der Waals surface area contributed by atoms with Crippen molar-refractivity contribution in [3.63, 3.8) is 0 Å². The molecular formula is C9H16N2O. The molecule has 1 aromatic heterocycles. The number of aromatic nitrogens is 2. The number of rotatable bonds is 5. The Labute approximate surface area is 73.4 Å². The van der Waals surface area contributed by atoms with Crippen molar-refractivity contribution in [1.29, 1.82) is 0 Å². The highest BCUT2D eigenvalue weighted by atomic mass is 16.5. The Hall–Kier alpha value is -0.830. The van der Waals surface area contributed by atoms with Crippen molar-refractivity contribution < 1.29 is 4.74 Å². The van der Waals surface area contributed by atoms with Crippen LogP contribution in [0.3, 0.4) is 0 Å². The van der Waals surface area contributed by atoms with Crippen LogP contribution in [0.1, 0.15) is 18.7 Å². The molecule has 0 N–H and O–H groups in total. The van der Waals surface area contributed by atoms with Gasteiger partial charge in [-0.25, -0.2) is 4.98 Å². The third-order valence-electron chi connectivity index (χ3n) is 1.92. The second-order valence-electron chi connectivity index (χ2n) is 2.90. The summed E-state index contributed by atoms with van der Waals surface area (Å²) < 4.78 is 7.03. The SMILES string of the molecule is COCCCCc1nccn1C. The molecule has 0 fully saturated rings. The molecule has 1 heterocycles. The van der Waals surface area contributed by atoms with E-state index in [2.05, 4.69) is 9.55 Å². The van der Waals surface area contributed by atoms with Crippen molar-refractivity contribution in [2.24, 2.45) is 7.05 Å². The summed E-state index contributed by atoms with van der Waals surface area (Å²) in [5.74, 6) is 1.16. The number of nitrogens with zero attached hydrogens (tertiary/aromatic N) is 2. The molecule has 0 spiro atoms. The summed E-state index contributed by atoms with van der Waals surface area (Å²) in [5.41, 5.74) is 0. The normalized spacial score (nSPS) is 10.5. The van der Waals surface area contributed by atoms with E-state index in [0.29, 0.717) is 0 Å². The Balaban J connectivity index is 2.20.